The van der Waals surface area contributed by atoms with Crippen molar-refractivity contribution < 1.29 is 13.5 Å². The molecule has 1 atom stereocenters. The van der Waals surface area contributed by atoms with Crippen LogP contribution in [0.1, 0.15) is 42.0 Å². The Bertz CT molecular complexity index is 1180. The molecule has 4 rings (SSSR count). The highest BCUT2D eigenvalue weighted by molar-refractivity contribution is 5.65. The van der Waals surface area contributed by atoms with E-state index in [1.807, 2.05) is 24.3 Å². The Morgan fingerprint density at radius 3 is 1.76 bits per heavy atom. The van der Waals surface area contributed by atoms with Crippen molar-refractivity contribution in [1.82, 2.24) is 0 Å². The molecule has 0 fully saturated rings. The van der Waals surface area contributed by atoms with E-state index in [1.54, 1.807) is 6.92 Å². The molecule has 0 heterocycles. The molecule has 0 spiro atoms. The Labute approximate surface area is 201 Å². The molecule has 0 N–H and O–H groups in total. The Morgan fingerprint density at radius 1 is 0.676 bits per heavy atom. The summed E-state index contributed by atoms with van der Waals surface area (Å²) in [5.74, 6) is -1.18. The maximum atomic E-state index is 14.2. The molecule has 4 aromatic carbocycles. The lowest BCUT2D eigenvalue weighted by atomic mass is 9.93. The largest absolute Gasteiger partial charge is 0.488 e. The predicted molar refractivity (Wildman–Crippen MR) is 135 cm³/mol. The van der Waals surface area contributed by atoms with Gasteiger partial charge in [-0.3, -0.25) is 0 Å². The lowest BCUT2D eigenvalue weighted by molar-refractivity contribution is 0.303. The summed E-state index contributed by atoms with van der Waals surface area (Å²) < 4.78 is 33.4. The van der Waals surface area contributed by atoms with Crippen LogP contribution in [-0.4, -0.2) is 6.61 Å². The highest BCUT2D eigenvalue weighted by Crippen LogP contribution is 2.29. The fraction of sp³-hybridized carbons (Fsp3) is 0.226. The van der Waals surface area contributed by atoms with Crippen molar-refractivity contribution in [3.63, 3.8) is 0 Å². The minimum atomic E-state index is -0.678. The van der Waals surface area contributed by atoms with Gasteiger partial charge in [0.1, 0.15) is 0 Å². The lowest BCUT2D eigenvalue weighted by Gasteiger charge is -2.12. The number of rotatable bonds is 9. The molecule has 1 nitrogen and oxygen atoms in total. The average Bonchev–Trinajstić information content (AvgIpc) is 2.86. The molecule has 0 amide bonds. The Morgan fingerprint density at radius 2 is 1.21 bits per heavy atom. The summed E-state index contributed by atoms with van der Waals surface area (Å²) in [5, 5.41) is 0. The van der Waals surface area contributed by atoms with Crippen molar-refractivity contribution in [3.8, 4) is 16.9 Å². The van der Waals surface area contributed by atoms with Crippen LogP contribution in [0.3, 0.4) is 0 Å². The van der Waals surface area contributed by atoms with Crippen molar-refractivity contribution >= 4 is 0 Å². The molecule has 174 valence electrons. The summed E-state index contributed by atoms with van der Waals surface area (Å²) in [5.41, 5.74) is 6.49. The third kappa shape index (κ3) is 5.91. The van der Waals surface area contributed by atoms with Gasteiger partial charge in [-0.15, -0.1) is 0 Å². The zero-order chi connectivity index (χ0) is 23.9. The van der Waals surface area contributed by atoms with Gasteiger partial charge in [-0.05, 0) is 77.6 Å². The van der Waals surface area contributed by atoms with Crippen molar-refractivity contribution in [2.24, 2.45) is 0 Å². The number of ether oxygens (including phenoxy) is 1. The second-order valence-electron chi connectivity index (χ2n) is 8.73. The Hall–Kier alpha value is -3.46. The van der Waals surface area contributed by atoms with E-state index in [1.165, 1.54) is 34.4 Å². The van der Waals surface area contributed by atoms with Gasteiger partial charge in [-0.25, -0.2) is 8.78 Å². The second kappa shape index (κ2) is 11.1. The van der Waals surface area contributed by atoms with E-state index >= 15 is 0 Å². The highest BCUT2D eigenvalue weighted by atomic mass is 19.1. The molecule has 4 aromatic rings. The molecule has 0 saturated carbocycles. The molecule has 0 bridgehead atoms. The maximum Gasteiger partial charge on any atom is 0.190 e. The van der Waals surface area contributed by atoms with E-state index in [2.05, 4.69) is 61.5 Å². The summed E-state index contributed by atoms with van der Waals surface area (Å²) in [6.07, 6.45) is 2.88. The van der Waals surface area contributed by atoms with Crippen LogP contribution in [0.15, 0.2) is 91.0 Å². The quantitative estimate of drug-likeness (QED) is 0.247. The third-order valence-corrected chi connectivity index (χ3v) is 6.21. The summed E-state index contributed by atoms with van der Waals surface area (Å²) >= 11 is 0. The van der Waals surface area contributed by atoms with E-state index in [0.717, 1.165) is 24.8 Å². The molecule has 3 heteroatoms. The Kier molecular flexibility index (Phi) is 7.74. The molecule has 0 aliphatic heterocycles. The molecule has 0 saturated heterocycles. The van der Waals surface area contributed by atoms with Crippen LogP contribution >= 0.6 is 0 Å². The number of benzene rings is 4. The van der Waals surface area contributed by atoms with Gasteiger partial charge in [0.2, 0.25) is 0 Å². The second-order valence-corrected chi connectivity index (χ2v) is 8.73. The van der Waals surface area contributed by atoms with Crippen molar-refractivity contribution in [1.29, 1.82) is 0 Å². The van der Waals surface area contributed by atoms with E-state index in [9.17, 15) is 8.78 Å². The molecular formula is C31H30F2O. The minimum Gasteiger partial charge on any atom is -0.488 e. The van der Waals surface area contributed by atoms with Gasteiger partial charge in [0.15, 0.2) is 17.4 Å². The summed E-state index contributed by atoms with van der Waals surface area (Å²) in [6.45, 7) is 4.19. The maximum absolute atomic E-state index is 14.2. The lowest BCUT2D eigenvalue weighted by Crippen LogP contribution is -1.99. The van der Waals surface area contributed by atoms with Gasteiger partial charge >= 0.3 is 0 Å². The van der Waals surface area contributed by atoms with Crippen molar-refractivity contribution in [2.75, 3.05) is 6.61 Å². The van der Waals surface area contributed by atoms with Crippen LogP contribution in [0.5, 0.6) is 5.75 Å². The molecular weight excluding hydrogens is 426 g/mol. The topological polar surface area (TPSA) is 9.23 Å². The van der Waals surface area contributed by atoms with Crippen LogP contribution in [-0.2, 0) is 19.3 Å². The highest BCUT2D eigenvalue weighted by Gasteiger charge is 2.13. The first kappa shape index (κ1) is 23.7. The first-order valence-electron chi connectivity index (χ1n) is 11.9. The van der Waals surface area contributed by atoms with Crippen LogP contribution in [0.4, 0.5) is 8.78 Å². The van der Waals surface area contributed by atoms with Crippen LogP contribution in [0.25, 0.3) is 11.1 Å². The molecule has 34 heavy (non-hydrogen) atoms. The van der Waals surface area contributed by atoms with Crippen LogP contribution in [0.2, 0.25) is 0 Å². The molecule has 0 radical (unpaired) electrons. The molecule has 1 unspecified atom stereocenters. The predicted octanol–water partition coefficient (Wildman–Crippen LogP) is 8.16. The smallest absolute Gasteiger partial charge is 0.190 e. The minimum absolute atomic E-state index is 0.220. The van der Waals surface area contributed by atoms with E-state index < -0.39 is 11.6 Å². The molecule has 0 aromatic heterocycles. The average molecular weight is 457 g/mol. The van der Waals surface area contributed by atoms with Gasteiger partial charge in [0, 0.05) is 0 Å². The van der Waals surface area contributed by atoms with Crippen molar-refractivity contribution in [2.45, 2.75) is 39.0 Å². The zero-order valence-corrected chi connectivity index (χ0v) is 19.7. The fourth-order valence-corrected chi connectivity index (χ4v) is 4.26. The van der Waals surface area contributed by atoms with E-state index in [-0.39, 0.29) is 12.4 Å². The van der Waals surface area contributed by atoms with E-state index in [0.29, 0.717) is 11.5 Å². The van der Waals surface area contributed by atoms with Gasteiger partial charge in [-0.1, -0.05) is 85.8 Å². The SMILES string of the molecule is CCOc1c(F)cc(-c2ccc(CCc3ccc(CC(C)c4ccccc4)cc3)cc2)cc1F. The number of hydrogen-bond donors (Lipinski definition) is 0. The zero-order valence-electron chi connectivity index (χ0n) is 19.7. The van der Waals surface area contributed by atoms with Gasteiger partial charge in [-0.2, -0.15) is 0 Å². The first-order chi connectivity index (χ1) is 16.5. The number of aryl methyl sites for hydroxylation is 2. The van der Waals surface area contributed by atoms with Crippen LogP contribution < -0.4 is 4.74 Å². The number of halogens is 2. The first-order valence-corrected chi connectivity index (χ1v) is 11.9. The fourth-order valence-electron chi connectivity index (χ4n) is 4.26. The summed E-state index contributed by atoms with van der Waals surface area (Å²) in [6, 6.07) is 30.0. The molecule has 0 aliphatic carbocycles. The van der Waals surface area contributed by atoms with Gasteiger partial charge < -0.3 is 4.74 Å². The monoisotopic (exact) mass is 456 g/mol. The van der Waals surface area contributed by atoms with Crippen molar-refractivity contribution in [3.05, 3.63) is 125 Å². The summed E-state index contributed by atoms with van der Waals surface area (Å²) in [4.78, 5) is 0. The van der Waals surface area contributed by atoms with Gasteiger partial charge in [0.25, 0.3) is 0 Å². The normalized spacial score (nSPS) is 11.9. The summed E-state index contributed by atoms with van der Waals surface area (Å²) in [7, 11) is 0. The standard InChI is InChI=1S/C31H30F2O/c1-3-34-31-29(32)20-28(21-30(31)33)27-17-15-24(16-18-27)10-9-23-11-13-25(14-12-23)19-22(2)26-7-5-4-6-8-26/h4-8,11-18,20-22H,3,9-10,19H2,1-2H3. The Balaban J connectivity index is 1.34. The molecule has 0 aliphatic rings. The van der Waals surface area contributed by atoms with Crippen LogP contribution in [0, 0.1) is 11.6 Å². The number of hydrogen-bond acceptors (Lipinski definition) is 1. The van der Waals surface area contributed by atoms with E-state index in [4.69, 9.17) is 4.74 Å². The van der Waals surface area contributed by atoms with Gasteiger partial charge in [0.05, 0.1) is 6.61 Å². The third-order valence-electron chi connectivity index (χ3n) is 6.21.